The Kier molecular flexibility index (Phi) is 13.3. The molecule has 1 aromatic heterocycles. The number of hydrogen-bond acceptors (Lipinski definition) is 4. The lowest BCUT2D eigenvalue weighted by molar-refractivity contribution is 1.18. The maximum Gasteiger partial charge on any atom is 0.160 e. The maximum absolute atomic E-state index is 5.15. The van der Waals surface area contributed by atoms with Crippen LogP contribution in [0.4, 0.5) is 34.1 Å². The first-order valence-electron chi connectivity index (χ1n) is 27.9. The summed E-state index contributed by atoms with van der Waals surface area (Å²) in [5.41, 5.74) is 20.8. The van der Waals surface area contributed by atoms with E-state index in [-0.39, 0.29) is 0 Å². The first-order valence-corrected chi connectivity index (χ1v) is 27.9. The Bertz CT molecular complexity index is 4210. The predicted octanol–water partition coefficient (Wildman–Crippen LogP) is 21.4. The molecule has 4 nitrogen and oxygen atoms in total. The molecule has 4 heteroatoms. The number of para-hydroxylation sites is 2. The van der Waals surface area contributed by atoms with Crippen molar-refractivity contribution in [3.05, 3.63) is 328 Å². The normalized spacial score (nSPS) is 11.2. The molecule has 82 heavy (non-hydrogen) atoms. The summed E-state index contributed by atoms with van der Waals surface area (Å²) in [6.45, 7) is 0. The van der Waals surface area contributed by atoms with Crippen LogP contribution in [0.25, 0.3) is 100.0 Å². The van der Waals surface area contributed by atoms with E-state index in [4.69, 9.17) is 9.97 Å². The number of anilines is 6. The Labute approximate surface area is 478 Å². The minimum absolute atomic E-state index is 0.691. The monoisotopic (exact) mass is 1050 g/mol. The van der Waals surface area contributed by atoms with E-state index >= 15 is 0 Å². The van der Waals surface area contributed by atoms with E-state index in [1.165, 1.54) is 32.7 Å². The summed E-state index contributed by atoms with van der Waals surface area (Å²) >= 11 is 0. The molecule has 0 saturated heterocycles. The number of aromatic nitrogens is 2. The summed E-state index contributed by atoms with van der Waals surface area (Å²) in [4.78, 5) is 15.0. The Morgan fingerprint density at radius 3 is 0.817 bits per heavy atom. The van der Waals surface area contributed by atoms with Crippen LogP contribution in [0, 0.1) is 0 Å². The molecule has 386 valence electrons. The topological polar surface area (TPSA) is 32.3 Å². The maximum atomic E-state index is 5.15. The molecule has 14 rings (SSSR count). The molecule has 0 atom stereocenters. The first kappa shape index (κ1) is 49.4. The van der Waals surface area contributed by atoms with Gasteiger partial charge in [0.2, 0.25) is 0 Å². The van der Waals surface area contributed by atoms with Gasteiger partial charge in [0.15, 0.2) is 5.82 Å². The van der Waals surface area contributed by atoms with Crippen molar-refractivity contribution in [1.29, 1.82) is 0 Å². The molecule has 0 amide bonds. The first-order chi connectivity index (χ1) is 40.6. The highest BCUT2D eigenvalue weighted by atomic mass is 15.1. The van der Waals surface area contributed by atoms with Crippen LogP contribution in [0.2, 0.25) is 0 Å². The molecule has 0 bridgehead atoms. The SMILES string of the molecule is c1ccc(-c2nc(-c3ccc(-c4ccc(-c5ccc(N(c6ccccc6)c6cccc7ccccc67)cc5)cc4)cc3)cc(-c3ccc(-c4ccc(-c5ccc(N(c6ccccc6)c6cccc7ccccc67)cc5)cc4)cc3)n2)cc1. The Hall–Kier alpha value is -10.9. The third-order valence-corrected chi connectivity index (χ3v) is 15.5. The van der Waals surface area contributed by atoms with Crippen LogP contribution in [0.1, 0.15) is 0 Å². The Morgan fingerprint density at radius 2 is 0.463 bits per heavy atom. The molecule has 0 saturated carbocycles. The average Bonchev–Trinajstić information content (AvgIpc) is 3.66. The van der Waals surface area contributed by atoms with Gasteiger partial charge < -0.3 is 9.80 Å². The second-order valence-electron chi connectivity index (χ2n) is 20.6. The van der Waals surface area contributed by atoms with Gasteiger partial charge in [0.05, 0.1) is 22.8 Å². The summed E-state index contributed by atoms with van der Waals surface area (Å²) in [6, 6.07) is 117. The average molecular weight is 1050 g/mol. The quantitative estimate of drug-likeness (QED) is 0.115. The minimum Gasteiger partial charge on any atom is -0.310 e. The van der Waals surface area contributed by atoms with Crippen LogP contribution in [-0.4, -0.2) is 9.97 Å². The van der Waals surface area contributed by atoms with E-state index < -0.39 is 0 Å². The van der Waals surface area contributed by atoms with Crippen LogP contribution < -0.4 is 9.80 Å². The molecular weight excluding hydrogens is 993 g/mol. The van der Waals surface area contributed by atoms with Crippen molar-refractivity contribution in [3.8, 4) is 78.4 Å². The molecule has 13 aromatic carbocycles. The van der Waals surface area contributed by atoms with E-state index in [0.29, 0.717) is 5.82 Å². The minimum atomic E-state index is 0.691. The summed E-state index contributed by atoms with van der Waals surface area (Å²) < 4.78 is 0. The van der Waals surface area contributed by atoms with Gasteiger partial charge in [-0.2, -0.15) is 0 Å². The van der Waals surface area contributed by atoms with Crippen LogP contribution in [0.15, 0.2) is 328 Å². The second-order valence-corrected chi connectivity index (χ2v) is 20.6. The molecule has 0 spiro atoms. The van der Waals surface area contributed by atoms with E-state index in [2.05, 4.69) is 319 Å². The third kappa shape index (κ3) is 9.98. The van der Waals surface area contributed by atoms with Gasteiger partial charge in [-0.05, 0) is 122 Å². The van der Waals surface area contributed by atoms with Crippen molar-refractivity contribution in [2.75, 3.05) is 9.80 Å². The van der Waals surface area contributed by atoms with Crippen molar-refractivity contribution in [3.63, 3.8) is 0 Å². The van der Waals surface area contributed by atoms with Gasteiger partial charge in [-0.25, -0.2) is 9.97 Å². The van der Waals surface area contributed by atoms with Crippen molar-refractivity contribution >= 4 is 55.7 Å². The molecule has 0 fully saturated rings. The highest BCUT2D eigenvalue weighted by Gasteiger charge is 2.18. The molecule has 0 aliphatic heterocycles. The van der Waals surface area contributed by atoms with Gasteiger partial charge in [-0.1, -0.05) is 261 Å². The summed E-state index contributed by atoms with van der Waals surface area (Å²) in [5, 5.41) is 4.86. The van der Waals surface area contributed by atoms with E-state index in [0.717, 1.165) is 95.6 Å². The highest BCUT2D eigenvalue weighted by Crippen LogP contribution is 2.42. The lowest BCUT2D eigenvalue weighted by Crippen LogP contribution is -2.10. The molecule has 0 unspecified atom stereocenters. The van der Waals surface area contributed by atoms with E-state index in [9.17, 15) is 0 Å². The fourth-order valence-corrected chi connectivity index (χ4v) is 11.3. The Morgan fingerprint density at radius 1 is 0.195 bits per heavy atom. The number of hydrogen-bond donors (Lipinski definition) is 0. The van der Waals surface area contributed by atoms with Crippen LogP contribution in [0.3, 0.4) is 0 Å². The zero-order valence-corrected chi connectivity index (χ0v) is 45.0. The van der Waals surface area contributed by atoms with Gasteiger partial charge in [-0.3, -0.25) is 0 Å². The smallest absolute Gasteiger partial charge is 0.160 e. The summed E-state index contributed by atoms with van der Waals surface area (Å²) in [7, 11) is 0. The van der Waals surface area contributed by atoms with Gasteiger partial charge in [0.1, 0.15) is 0 Å². The lowest BCUT2D eigenvalue weighted by atomic mass is 9.98. The molecule has 0 aliphatic carbocycles. The van der Waals surface area contributed by atoms with Gasteiger partial charge in [0, 0.05) is 50.2 Å². The summed E-state index contributed by atoms with van der Waals surface area (Å²) in [6.07, 6.45) is 0. The molecule has 1 heterocycles. The van der Waals surface area contributed by atoms with E-state index in [1.54, 1.807) is 0 Å². The van der Waals surface area contributed by atoms with Gasteiger partial charge >= 0.3 is 0 Å². The Balaban J connectivity index is 0.688. The van der Waals surface area contributed by atoms with Crippen molar-refractivity contribution < 1.29 is 0 Å². The zero-order valence-electron chi connectivity index (χ0n) is 45.0. The van der Waals surface area contributed by atoms with Crippen molar-refractivity contribution in [1.82, 2.24) is 9.97 Å². The summed E-state index contributed by atoms with van der Waals surface area (Å²) in [5.74, 6) is 0.691. The van der Waals surface area contributed by atoms with Crippen molar-refractivity contribution in [2.24, 2.45) is 0 Å². The van der Waals surface area contributed by atoms with Gasteiger partial charge in [-0.15, -0.1) is 0 Å². The fraction of sp³-hybridized carbons (Fsp3) is 0. The number of fused-ring (bicyclic) bond motifs is 2. The predicted molar refractivity (Wildman–Crippen MR) is 344 cm³/mol. The van der Waals surface area contributed by atoms with Crippen LogP contribution >= 0.6 is 0 Å². The highest BCUT2D eigenvalue weighted by molar-refractivity contribution is 6.00. The zero-order chi connectivity index (χ0) is 54.6. The molecule has 0 aliphatic rings. The van der Waals surface area contributed by atoms with Crippen LogP contribution in [0.5, 0.6) is 0 Å². The number of rotatable bonds is 13. The molecule has 14 aromatic rings. The molecule has 0 radical (unpaired) electrons. The second kappa shape index (κ2) is 22.1. The standard InChI is InChI=1S/C78H54N4/c1-4-18-67(19-5-1)78-79-74(65-42-38-59(39-43-65)55-30-34-57(35-31-55)61-46-50-70(51-47-61)81(68-22-6-2-7-23-68)76-28-14-20-63-16-10-12-26-72(63)76)54-75(80-78)66-44-40-60(41-45-66)56-32-36-58(37-33-56)62-48-52-71(53-49-62)82(69-24-8-3-9-25-69)77-29-15-21-64-17-11-13-27-73(64)77/h1-54H. The molecular formula is C78H54N4. The largest absolute Gasteiger partial charge is 0.310 e. The third-order valence-electron chi connectivity index (χ3n) is 15.5. The molecule has 0 N–H and O–H groups in total. The fourth-order valence-electron chi connectivity index (χ4n) is 11.3. The lowest BCUT2D eigenvalue weighted by Gasteiger charge is -2.27. The van der Waals surface area contributed by atoms with Gasteiger partial charge in [0.25, 0.3) is 0 Å². The number of benzene rings is 13. The van der Waals surface area contributed by atoms with E-state index in [1.807, 2.05) is 18.2 Å². The van der Waals surface area contributed by atoms with Crippen molar-refractivity contribution in [2.45, 2.75) is 0 Å². The number of nitrogens with zero attached hydrogens (tertiary/aromatic N) is 4. The van der Waals surface area contributed by atoms with Crippen LogP contribution in [-0.2, 0) is 0 Å².